The number of carbonyl (C=O) groups is 1. The average molecular weight is 305 g/mol. The Labute approximate surface area is 132 Å². The highest BCUT2D eigenvalue weighted by Crippen LogP contribution is 2.31. The fraction of sp³-hybridized carbons (Fsp3) is 0.611. The number of hydrogen-bond acceptors (Lipinski definition) is 3. The van der Waals surface area contributed by atoms with Gasteiger partial charge in [0.1, 0.15) is 0 Å². The van der Waals surface area contributed by atoms with Gasteiger partial charge in [-0.25, -0.2) is 0 Å². The first-order valence-corrected chi connectivity index (χ1v) is 8.06. The number of aliphatic hydroxyl groups is 1. The minimum Gasteiger partial charge on any atom is -0.396 e. The lowest BCUT2D eigenvalue weighted by Crippen LogP contribution is -2.41. The molecule has 1 amide bonds. The van der Waals surface area contributed by atoms with E-state index < -0.39 is 0 Å². The van der Waals surface area contributed by atoms with Crippen LogP contribution < -0.4 is 5.32 Å². The largest absolute Gasteiger partial charge is 0.396 e. The van der Waals surface area contributed by atoms with E-state index in [1.54, 1.807) is 0 Å². The Morgan fingerprint density at radius 1 is 1.41 bits per heavy atom. The molecule has 1 aliphatic rings. The number of aryl methyl sites for hydroxylation is 1. The topological polar surface area (TPSA) is 58.6 Å². The molecule has 0 spiro atoms. The Balaban J connectivity index is 1.84. The molecule has 2 atom stereocenters. The SMILES string of the molecule is Cc1ccc(CC(C)C(=O)NCC2(CCO)CCOC2)cc1. The highest BCUT2D eigenvalue weighted by molar-refractivity contribution is 5.78. The molecule has 1 aliphatic heterocycles. The third-order valence-electron chi connectivity index (χ3n) is 4.57. The van der Waals surface area contributed by atoms with E-state index in [9.17, 15) is 9.90 Å². The van der Waals surface area contributed by atoms with Crippen molar-refractivity contribution < 1.29 is 14.6 Å². The Morgan fingerprint density at radius 3 is 2.73 bits per heavy atom. The summed E-state index contributed by atoms with van der Waals surface area (Å²) < 4.78 is 5.45. The number of benzene rings is 1. The van der Waals surface area contributed by atoms with Crippen LogP contribution in [0.5, 0.6) is 0 Å². The molecule has 2 N–H and O–H groups in total. The molecule has 1 saturated heterocycles. The molecule has 2 rings (SSSR count). The zero-order valence-corrected chi connectivity index (χ0v) is 13.6. The number of nitrogens with one attached hydrogen (secondary N) is 1. The molecule has 4 nitrogen and oxygen atoms in total. The summed E-state index contributed by atoms with van der Waals surface area (Å²) in [5.74, 6) is 0.0148. The first-order chi connectivity index (χ1) is 10.5. The van der Waals surface area contributed by atoms with E-state index >= 15 is 0 Å². The highest BCUT2D eigenvalue weighted by atomic mass is 16.5. The molecular weight excluding hydrogens is 278 g/mol. The number of hydrogen-bond donors (Lipinski definition) is 2. The average Bonchev–Trinajstić information content (AvgIpc) is 2.96. The van der Waals surface area contributed by atoms with Gasteiger partial charge in [0.05, 0.1) is 6.61 Å². The molecule has 0 radical (unpaired) electrons. The van der Waals surface area contributed by atoms with E-state index in [1.165, 1.54) is 11.1 Å². The maximum atomic E-state index is 12.3. The zero-order valence-electron chi connectivity index (χ0n) is 13.6. The number of amides is 1. The van der Waals surface area contributed by atoms with E-state index in [2.05, 4.69) is 36.5 Å². The quantitative estimate of drug-likeness (QED) is 0.811. The summed E-state index contributed by atoms with van der Waals surface area (Å²) in [4.78, 5) is 12.3. The molecule has 1 fully saturated rings. The van der Waals surface area contributed by atoms with Gasteiger partial charge in [0.25, 0.3) is 0 Å². The first-order valence-electron chi connectivity index (χ1n) is 8.06. The van der Waals surface area contributed by atoms with Crippen LogP contribution in [0.3, 0.4) is 0 Å². The fourth-order valence-corrected chi connectivity index (χ4v) is 2.93. The van der Waals surface area contributed by atoms with Gasteiger partial charge in [-0.05, 0) is 31.7 Å². The van der Waals surface area contributed by atoms with Crippen LogP contribution in [0.25, 0.3) is 0 Å². The second kappa shape index (κ2) is 7.75. The Kier molecular flexibility index (Phi) is 5.98. The van der Waals surface area contributed by atoms with Gasteiger partial charge < -0.3 is 15.2 Å². The first kappa shape index (κ1) is 17.0. The molecule has 22 heavy (non-hydrogen) atoms. The maximum absolute atomic E-state index is 12.3. The Bertz CT molecular complexity index is 478. The summed E-state index contributed by atoms with van der Waals surface area (Å²) in [6.45, 7) is 6.08. The molecule has 1 aromatic carbocycles. The lowest BCUT2D eigenvalue weighted by Gasteiger charge is -2.27. The maximum Gasteiger partial charge on any atom is 0.223 e. The van der Waals surface area contributed by atoms with E-state index in [1.807, 2.05) is 6.92 Å². The van der Waals surface area contributed by atoms with Crippen molar-refractivity contribution in [2.45, 2.75) is 33.1 Å². The van der Waals surface area contributed by atoms with Crippen molar-refractivity contribution in [3.8, 4) is 0 Å². The molecule has 1 heterocycles. The van der Waals surface area contributed by atoms with Gasteiger partial charge in [0.2, 0.25) is 5.91 Å². The molecule has 0 bridgehead atoms. The monoisotopic (exact) mass is 305 g/mol. The van der Waals surface area contributed by atoms with Crippen molar-refractivity contribution in [3.63, 3.8) is 0 Å². The van der Waals surface area contributed by atoms with Crippen molar-refractivity contribution in [2.24, 2.45) is 11.3 Å². The number of aliphatic hydroxyl groups excluding tert-OH is 1. The van der Waals surface area contributed by atoms with Crippen molar-refractivity contribution in [1.82, 2.24) is 5.32 Å². The summed E-state index contributed by atoms with van der Waals surface area (Å²) in [7, 11) is 0. The lowest BCUT2D eigenvalue weighted by molar-refractivity contribution is -0.125. The van der Waals surface area contributed by atoms with E-state index in [-0.39, 0.29) is 23.8 Å². The Morgan fingerprint density at radius 2 is 2.14 bits per heavy atom. The van der Waals surface area contributed by atoms with Crippen molar-refractivity contribution >= 4 is 5.91 Å². The van der Waals surface area contributed by atoms with Crippen LogP contribution in [-0.2, 0) is 16.0 Å². The fourth-order valence-electron chi connectivity index (χ4n) is 2.93. The van der Waals surface area contributed by atoms with Crippen LogP contribution in [-0.4, -0.2) is 37.4 Å². The third-order valence-corrected chi connectivity index (χ3v) is 4.57. The molecule has 0 aliphatic carbocycles. The van der Waals surface area contributed by atoms with Crippen molar-refractivity contribution in [3.05, 3.63) is 35.4 Å². The van der Waals surface area contributed by atoms with Gasteiger partial charge in [-0.1, -0.05) is 36.8 Å². The summed E-state index contributed by atoms with van der Waals surface area (Å²) in [5, 5.41) is 12.3. The number of ether oxygens (including phenoxy) is 1. The van der Waals surface area contributed by atoms with Crippen LogP contribution in [0.4, 0.5) is 0 Å². The lowest BCUT2D eigenvalue weighted by atomic mass is 9.84. The molecule has 122 valence electrons. The molecule has 0 saturated carbocycles. The minimum atomic E-state index is -0.0893. The molecule has 2 unspecified atom stereocenters. The van der Waals surface area contributed by atoms with Crippen molar-refractivity contribution in [2.75, 3.05) is 26.4 Å². The van der Waals surface area contributed by atoms with Gasteiger partial charge in [-0.15, -0.1) is 0 Å². The van der Waals surface area contributed by atoms with Gasteiger partial charge in [-0.3, -0.25) is 4.79 Å². The second-order valence-electron chi connectivity index (χ2n) is 6.58. The summed E-state index contributed by atoms with van der Waals surface area (Å²) in [6, 6.07) is 8.31. The molecule has 4 heteroatoms. The van der Waals surface area contributed by atoms with Crippen LogP contribution >= 0.6 is 0 Å². The number of rotatable bonds is 7. The van der Waals surface area contributed by atoms with E-state index in [4.69, 9.17) is 4.74 Å². The van der Waals surface area contributed by atoms with Gasteiger partial charge in [-0.2, -0.15) is 0 Å². The zero-order chi connectivity index (χ0) is 16.0. The summed E-state index contributed by atoms with van der Waals surface area (Å²) in [6.07, 6.45) is 2.33. The van der Waals surface area contributed by atoms with Crippen LogP contribution in [0, 0.1) is 18.3 Å². The van der Waals surface area contributed by atoms with Crippen LogP contribution in [0.2, 0.25) is 0 Å². The van der Waals surface area contributed by atoms with E-state index in [0.717, 1.165) is 19.4 Å². The smallest absolute Gasteiger partial charge is 0.223 e. The summed E-state index contributed by atoms with van der Waals surface area (Å²) >= 11 is 0. The molecular formula is C18H27NO3. The van der Waals surface area contributed by atoms with Gasteiger partial charge in [0.15, 0.2) is 0 Å². The molecule has 1 aromatic rings. The van der Waals surface area contributed by atoms with Gasteiger partial charge in [0, 0.05) is 31.1 Å². The third kappa shape index (κ3) is 4.55. The predicted octanol–water partition coefficient (Wildman–Crippen LogP) is 2.08. The molecule has 0 aromatic heterocycles. The second-order valence-corrected chi connectivity index (χ2v) is 6.58. The number of carbonyl (C=O) groups excluding carboxylic acids is 1. The van der Waals surface area contributed by atoms with E-state index in [0.29, 0.717) is 19.6 Å². The van der Waals surface area contributed by atoms with Gasteiger partial charge >= 0.3 is 0 Å². The Hall–Kier alpha value is -1.39. The normalized spacial score (nSPS) is 22.5. The standard InChI is InChI=1S/C18H27NO3/c1-14-3-5-16(6-4-14)11-15(2)17(21)19-12-18(7-9-20)8-10-22-13-18/h3-6,15,20H,7-13H2,1-2H3,(H,19,21). The summed E-state index contributed by atoms with van der Waals surface area (Å²) in [5.41, 5.74) is 2.32. The van der Waals surface area contributed by atoms with Crippen LogP contribution in [0.15, 0.2) is 24.3 Å². The minimum absolute atomic E-state index is 0.0591. The predicted molar refractivity (Wildman–Crippen MR) is 86.6 cm³/mol. The van der Waals surface area contributed by atoms with Crippen molar-refractivity contribution in [1.29, 1.82) is 0 Å². The van der Waals surface area contributed by atoms with Crippen LogP contribution in [0.1, 0.15) is 30.9 Å². The highest BCUT2D eigenvalue weighted by Gasteiger charge is 2.35.